The number of thioether (sulfide) groups is 1. The third-order valence-corrected chi connectivity index (χ3v) is 7.39. The molecule has 2 aliphatic rings. The number of carbonyl (C=O) groups excluding carboxylic acids is 2. The molecule has 0 spiro atoms. The number of amidine groups is 1. The van der Waals surface area contributed by atoms with Gasteiger partial charge in [0, 0.05) is 24.4 Å². The number of halogens is 1. The lowest BCUT2D eigenvalue weighted by molar-refractivity contribution is -0.127. The smallest absolute Gasteiger partial charge is 0.254 e. The molecule has 0 unspecified atom stereocenters. The van der Waals surface area contributed by atoms with Crippen LogP contribution in [0, 0.1) is 5.82 Å². The number of benzene rings is 2. The molecule has 0 saturated heterocycles. The van der Waals surface area contributed by atoms with Gasteiger partial charge < -0.3 is 15.1 Å². The molecule has 2 aromatic rings. The van der Waals surface area contributed by atoms with E-state index < -0.39 is 11.9 Å². The number of aliphatic imine (C=N–C) groups is 1. The van der Waals surface area contributed by atoms with Gasteiger partial charge in [-0.1, -0.05) is 60.3 Å². The van der Waals surface area contributed by atoms with Gasteiger partial charge in [-0.3, -0.25) is 9.59 Å². The SMILES string of the molecule is CCN(CC)C(=O)C1=C(C)N=C2SC=C(CC(=O)N[C@H](C)c3ccccc3)N2[C@H]1c1ccccc1F. The molecule has 0 aliphatic carbocycles. The number of rotatable bonds is 8. The highest BCUT2D eigenvalue weighted by Gasteiger charge is 2.42. The van der Waals surface area contributed by atoms with Crippen LogP contribution in [0.3, 0.4) is 0 Å². The predicted molar refractivity (Wildman–Crippen MR) is 142 cm³/mol. The number of carbonyl (C=O) groups is 2. The molecule has 2 aliphatic heterocycles. The van der Waals surface area contributed by atoms with Gasteiger partial charge in [0.15, 0.2) is 5.17 Å². The number of hydrogen-bond donors (Lipinski definition) is 1. The van der Waals surface area contributed by atoms with Crippen LogP contribution in [-0.2, 0) is 9.59 Å². The second-order valence-electron chi connectivity index (χ2n) is 8.77. The van der Waals surface area contributed by atoms with Crippen molar-refractivity contribution in [3.8, 4) is 0 Å². The minimum absolute atomic E-state index is 0.0833. The minimum Gasteiger partial charge on any atom is -0.349 e. The van der Waals surface area contributed by atoms with E-state index in [-0.39, 0.29) is 24.3 Å². The van der Waals surface area contributed by atoms with Crippen molar-refractivity contribution in [1.82, 2.24) is 15.1 Å². The maximum absolute atomic E-state index is 15.2. The number of likely N-dealkylation sites (N-methyl/N-ethyl adjacent to an activating group) is 1. The van der Waals surface area contributed by atoms with Gasteiger partial charge in [0.25, 0.3) is 5.91 Å². The molecular weight excluding hydrogens is 475 g/mol. The van der Waals surface area contributed by atoms with Gasteiger partial charge in [0.2, 0.25) is 5.91 Å². The second-order valence-corrected chi connectivity index (χ2v) is 9.61. The average molecular weight is 507 g/mol. The summed E-state index contributed by atoms with van der Waals surface area (Å²) in [6.45, 7) is 8.63. The van der Waals surface area contributed by atoms with E-state index in [2.05, 4.69) is 5.32 Å². The zero-order chi connectivity index (χ0) is 25.8. The molecule has 0 radical (unpaired) electrons. The first-order valence-electron chi connectivity index (χ1n) is 12.2. The Morgan fingerprint density at radius 2 is 1.78 bits per heavy atom. The van der Waals surface area contributed by atoms with Crippen LogP contribution >= 0.6 is 11.8 Å². The van der Waals surface area contributed by atoms with Crippen molar-refractivity contribution in [2.75, 3.05) is 13.1 Å². The van der Waals surface area contributed by atoms with Crippen molar-refractivity contribution in [1.29, 1.82) is 0 Å². The number of nitrogens with zero attached hydrogens (tertiary/aromatic N) is 3. The minimum atomic E-state index is -0.715. The summed E-state index contributed by atoms with van der Waals surface area (Å²) >= 11 is 1.39. The topological polar surface area (TPSA) is 65.0 Å². The maximum Gasteiger partial charge on any atom is 0.254 e. The van der Waals surface area contributed by atoms with Crippen LogP contribution in [0.15, 0.2) is 82.0 Å². The Morgan fingerprint density at radius 3 is 2.44 bits per heavy atom. The van der Waals surface area contributed by atoms with Gasteiger partial charge in [-0.15, -0.1) is 0 Å². The Labute approximate surface area is 216 Å². The van der Waals surface area contributed by atoms with E-state index in [1.807, 2.05) is 61.4 Å². The summed E-state index contributed by atoms with van der Waals surface area (Å²) < 4.78 is 15.2. The molecule has 6 nitrogen and oxygen atoms in total. The Balaban J connectivity index is 1.67. The Bertz CT molecular complexity index is 1240. The summed E-state index contributed by atoms with van der Waals surface area (Å²) in [6.07, 6.45) is 0.0833. The van der Waals surface area contributed by atoms with Crippen LogP contribution in [0.25, 0.3) is 0 Å². The fourth-order valence-electron chi connectivity index (χ4n) is 4.60. The van der Waals surface area contributed by atoms with E-state index in [1.165, 1.54) is 17.8 Å². The van der Waals surface area contributed by atoms with Crippen molar-refractivity contribution in [2.24, 2.45) is 4.99 Å². The van der Waals surface area contributed by atoms with Crippen molar-refractivity contribution in [3.05, 3.63) is 93.9 Å². The molecule has 1 N–H and O–H groups in total. The largest absolute Gasteiger partial charge is 0.349 e. The molecule has 188 valence electrons. The van der Waals surface area contributed by atoms with E-state index in [9.17, 15) is 9.59 Å². The third-order valence-electron chi connectivity index (χ3n) is 6.50. The van der Waals surface area contributed by atoms with Gasteiger partial charge in [-0.25, -0.2) is 9.38 Å². The highest BCUT2D eigenvalue weighted by molar-refractivity contribution is 8.16. The fraction of sp³-hybridized carbons (Fsp3) is 0.321. The first kappa shape index (κ1) is 25.7. The zero-order valence-corrected chi connectivity index (χ0v) is 21.8. The van der Waals surface area contributed by atoms with E-state index in [4.69, 9.17) is 4.99 Å². The second kappa shape index (κ2) is 11.1. The summed E-state index contributed by atoms with van der Waals surface area (Å²) in [5.74, 6) is -0.735. The summed E-state index contributed by atoms with van der Waals surface area (Å²) in [6, 6.07) is 15.4. The first-order valence-corrected chi connectivity index (χ1v) is 13.1. The number of nitrogens with one attached hydrogen (secondary N) is 1. The third kappa shape index (κ3) is 5.09. The van der Waals surface area contributed by atoms with Gasteiger partial charge in [0.05, 0.1) is 29.8 Å². The summed E-state index contributed by atoms with van der Waals surface area (Å²) in [5, 5.41) is 5.55. The average Bonchev–Trinajstić information content (AvgIpc) is 3.26. The molecule has 8 heteroatoms. The van der Waals surface area contributed by atoms with E-state index in [0.717, 1.165) is 5.56 Å². The van der Waals surface area contributed by atoms with Gasteiger partial charge in [-0.05, 0) is 44.7 Å². The lowest BCUT2D eigenvalue weighted by atomic mass is 9.92. The molecule has 2 heterocycles. The molecule has 2 amide bonds. The molecule has 0 bridgehead atoms. The molecular formula is C28H31FN4O2S. The summed E-state index contributed by atoms with van der Waals surface area (Å²) in [4.78, 5) is 35.0. The van der Waals surface area contributed by atoms with Gasteiger partial charge in [-0.2, -0.15) is 0 Å². The zero-order valence-electron chi connectivity index (χ0n) is 21.0. The number of amides is 2. The molecule has 2 aromatic carbocycles. The molecule has 0 fully saturated rings. The first-order chi connectivity index (χ1) is 17.3. The van der Waals surface area contributed by atoms with Crippen LogP contribution in [0.4, 0.5) is 4.39 Å². The Morgan fingerprint density at radius 1 is 1.11 bits per heavy atom. The van der Waals surface area contributed by atoms with Crippen LogP contribution in [0.2, 0.25) is 0 Å². The van der Waals surface area contributed by atoms with Crippen molar-refractivity contribution >= 4 is 28.7 Å². The van der Waals surface area contributed by atoms with Crippen LogP contribution in [0.1, 0.15) is 57.3 Å². The maximum atomic E-state index is 15.2. The Hall–Kier alpha value is -3.39. The standard InChI is InChI=1S/C28H31FN4O2S/c1-5-32(6-2)27(35)25-19(4)31-28-33(26(25)22-14-10-11-15-23(22)29)21(17-36-28)16-24(34)30-18(3)20-12-8-7-9-13-20/h7-15,17-18,26H,5-6,16H2,1-4H3,(H,30,34)/t18-,26+/m1/s1. The number of allylic oxidation sites excluding steroid dienone is 1. The highest BCUT2D eigenvalue weighted by Crippen LogP contribution is 2.45. The van der Waals surface area contributed by atoms with Gasteiger partial charge >= 0.3 is 0 Å². The number of fused-ring (bicyclic) bond motifs is 1. The van der Waals surface area contributed by atoms with E-state index >= 15 is 4.39 Å². The summed E-state index contributed by atoms with van der Waals surface area (Å²) in [7, 11) is 0. The Kier molecular flexibility index (Phi) is 7.94. The molecule has 2 atom stereocenters. The molecule has 0 aromatic heterocycles. The lowest BCUT2D eigenvalue weighted by Gasteiger charge is -2.38. The van der Waals surface area contributed by atoms with Gasteiger partial charge in [0.1, 0.15) is 5.82 Å². The number of hydrogen-bond acceptors (Lipinski definition) is 5. The van der Waals surface area contributed by atoms with Crippen molar-refractivity contribution < 1.29 is 14.0 Å². The van der Waals surface area contributed by atoms with Crippen LogP contribution in [-0.4, -0.2) is 39.9 Å². The monoisotopic (exact) mass is 506 g/mol. The van der Waals surface area contributed by atoms with Crippen LogP contribution in [0.5, 0.6) is 0 Å². The fourth-order valence-corrected chi connectivity index (χ4v) is 5.56. The normalized spacial score (nSPS) is 17.8. The quantitative estimate of drug-likeness (QED) is 0.511. The van der Waals surface area contributed by atoms with E-state index in [0.29, 0.717) is 40.8 Å². The van der Waals surface area contributed by atoms with Crippen LogP contribution < -0.4 is 5.32 Å². The highest BCUT2D eigenvalue weighted by atomic mass is 32.2. The van der Waals surface area contributed by atoms with Crippen molar-refractivity contribution in [2.45, 2.75) is 46.2 Å². The molecule has 36 heavy (non-hydrogen) atoms. The lowest BCUT2D eigenvalue weighted by Crippen LogP contribution is -2.42. The van der Waals surface area contributed by atoms with Crippen molar-refractivity contribution in [3.63, 3.8) is 0 Å². The predicted octanol–water partition coefficient (Wildman–Crippen LogP) is 5.54. The summed E-state index contributed by atoms with van der Waals surface area (Å²) in [5.41, 5.74) is 3.07. The van der Waals surface area contributed by atoms with E-state index in [1.54, 1.807) is 30.0 Å². The molecule has 0 saturated carbocycles. The molecule has 4 rings (SSSR count).